The molecule has 0 aliphatic rings. The fourth-order valence-corrected chi connectivity index (χ4v) is 2.92. The lowest BCUT2D eigenvalue weighted by atomic mass is 10.0. The van der Waals surface area contributed by atoms with E-state index in [9.17, 15) is 4.39 Å². The average molecular weight is 333 g/mol. The molecular formula is C15H13Cl3FN. The molecule has 0 amide bonds. The summed E-state index contributed by atoms with van der Waals surface area (Å²) in [6, 6.07) is 9.62. The van der Waals surface area contributed by atoms with Gasteiger partial charge >= 0.3 is 0 Å². The van der Waals surface area contributed by atoms with Crippen molar-refractivity contribution in [3.8, 4) is 0 Å². The average Bonchev–Trinajstić information content (AvgIpc) is 2.38. The summed E-state index contributed by atoms with van der Waals surface area (Å²) in [7, 11) is 0. The van der Waals surface area contributed by atoms with Gasteiger partial charge in [-0.1, -0.05) is 53.9 Å². The van der Waals surface area contributed by atoms with Crippen LogP contribution in [0, 0.1) is 5.82 Å². The van der Waals surface area contributed by atoms with Gasteiger partial charge in [-0.05, 0) is 36.2 Å². The van der Waals surface area contributed by atoms with E-state index in [-0.39, 0.29) is 11.9 Å². The molecular weight excluding hydrogens is 320 g/mol. The van der Waals surface area contributed by atoms with Crippen LogP contribution in [0.25, 0.3) is 0 Å². The smallest absolute Gasteiger partial charge is 0.123 e. The lowest BCUT2D eigenvalue weighted by Gasteiger charge is -2.20. The van der Waals surface area contributed by atoms with Gasteiger partial charge in [0.2, 0.25) is 0 Å². The number of hydrogen-bond donors (Lipinski definition) is 1. The van der Waals surface area contributed by atoms with Crippen molar-refractivity contribution < 1.29 is 4.39 Å². The van der Waals surface area contributed by atoms with Crippen LogP contribution in [0.1, 0.15) is 24.9 Å². The Morgan fingerprint density at radius 2 is 1.75 bits per heavy atom. The van der Waals surface area contributed by atoms with Crippen molar-refractivity contribution >= 4 is 40.5 Å². The summed E-state index contributed by atoms with van der Waals surface area (Å²) in [5.74, 6) is -0.268. The van der Waals surface area contributed by atoms with Gasteiger partial charge in [-0.3, -0.25) is 0 Å². The van der Waals surface area contributed by atoms with E-state index in [1.807, 2.05) is 13.0 Å². The van der Waals surface area contributed by atoms with Gasteiger partial charge in [0, 0.05) is 5.02 Å². The molecule has 1 N–H and O–H groups in total. The molecule has 0 aliphatic carbocycles. The van der Waals surface area contributed by atoms with Gasteiger partial charge in [-0.25, -0.2) is 4.39 Å². The molecule has 0 fully saturated rings. The van der Waals surface area contributed by atoms with Crippen LogP contribution in [0.15, 0.2) is 36.4 Å². The highest BCUT2D eigenvalue weighted by molar-refractivity contribution is 6.41. The highest BCUT2D eigenvalue weighted by atomic mass is 35.5. The van der Waals surface area contributed by atoms with Gasteiger partial charge in [0.05, 0.1) is 21.8 Å². The van der Waals surface area contributed by atoms with Gasteiger partial charge in [0.1, 0.15) is 5.82 Å². The van der Waals surface area contributed by atoms with E-state index in [0.29, 0.717) is 20.8 Å². The number of rotatable bonds is 4. The van der Waals surface area contributed by atoms with E-state index in [1.165, 1.54) is 12.1 Å². The first-order valence-corrected chi connectivity index (χ1v) is 7.31. The third-order valence-corrected chi connectivity index (χ3v) is 3.80. The van der Waals surface area contributed by atoms with E-state index in [2.05, 4.69) is 5.32 Å². The number of halogens is 4. The normalized spacial score (nSPS) is 12.2. The first-order chi connectivity index (χ1) is 9.51. The second kappa shape index (κ2) is 6.66. The SMILES string of the molecule is CCC(Nc1c(Cl)cc(Cl)cc1Cl)c1cccc(F)c1. The molecule has 0 bridgehead atoms. The molecule has 5 heteroatoms. The summed E-state index contributed by atoms with van der Waals surface area (Å²) in [4.78, 5) is 0. The Balaban J connectivity index is 2.32. The topological polar surface area (TPSA) is 12.0 Å². The lowest BCUT2D eigenvalue weighted by Crippen LogP contribution is -2.10. The maximum atomic E-state index is 13.3. The van der Waals surface area contributed by atoms with Gasteiger partial charge < -0.3 is 5.32 Å². The predicted octanol–water partition coefficient (Wildman–Crippen LogP) is 6.35. The number of benzene rings is 2. The zero-order chi connectivity index (χ0) is 14.7. The zero-order valence-corrected chi connectivity index (χ0v) is 13.0. The monoisotopic (exact) mass is 331 g/mol. The minimum Gasteiger partial charge on any atom is -0.376 e. The Hall–Kier alpha value is -0.960. The van der Waals surface area contributed by atoms with Crippen molar-refractivity contribution in [3.63, 3.8) is 0 Å². The van der Waals surface area contributed by atoms with Crippen molar-refractivity contribution in [3.05, 3.63) is 62.8 Å². The van der Waals surface area contributed by atoms with Crippen LogP contribution >= 0.6 is 34.8 Å². The van der Waals surface area contributed by atoms with Crippen LogP contribution in [-0.4, -0.2) is 0 Å². The van der Waals surface area contributed by atoms with Crippen LogP contribution in [0.3, 0.4) is 0 Å². The van der Waals surface area contributed by atoms with Crippen LogP contribution in [0.5, 0.6) is 0 Å². The Morgan fingerprint density at radius 3 is 2.30 bits per heavy atom. The summed E-state index contributed by atoms with van der Waals surface area (Å²) in [6.07, 6.45) is 0.763. The summed E-state index contributed by atoms with van der Waals surface area (Å²) in [6.45, 7) is 2.00. The minimum absolute atomic E-state index is 0.0816. The largest absolute Gasteiger partial charge is 0.376 e. The molecule has 2 rings (SSSR count). The van der Waals surface area contributed by atoms with Gasteiger partial charge in [0.15, 0.2) is 0 Å². The van der Waals surface area contributed by atoms with Gasteiger partial charge in [-0.15, -0.1) is 0 Å². The Labute approximate surface area is 132 Å². The standard InChI is InChI=1S/C15H13Cl3FN/c1-2-14(9-4-3-5-11(19)6-9)20-15-12(17)7-10(16)8-13(15)18/h3-8,14,20H,2H2,1H3. The van der Waals surface area contributed by atoms with Crippen LogP contribution in [0.4, 0.5) is 10.1 Å². The first-order valence-electron chi connectivity index (χ1n) is 6.17. The predicted molar refractivity (Wildman–Crippen MR) is 84.5 cm³/mol. The van der Waals surface area contributed by atoms with Crippen LogP contribution in [-0.2, 0) is 0 Å². The zero-order valence-electron chi connectivity index (χ0n) is 10.8. The summed E-state index contributed by atoms with van der Waals surface area (Å²) >= 11 is 18.2. The van der Waals surface area contributed by atoms with Crippen molar-refractivity contribution in [2.45, 2.75) is 19.4 Å². The van der Waals surface area contributed by atoms with E-state index < -0.39 is 0 Å². The number of nitrogens with one attached hydrogen (secondary N) is 1. The summed E-state index contributed by atoms with van der Waals surface area (Å²) < 4.78 is 13.3. The Kier molecular flexibility index (Phi) is 5.14. The molecule has 20 heavy (non-hydrogen) atoms. The highest BCUT2D eigenvalue weighted by Crippen LogP contribution is 2.36. The summed E-state index contributed by atoms with van der Waals surface area (Å²) in [5, 5.41) is 4.61. The molecule has 0 aromatic heterocycles. The molecule has 1 atom stereocenters. The first kappa shape index (κ1) is 15.4. The molecule has 1 nitrogen and oxygen atoms in total. The van der Waals surface area contributed by atoms with Crippen molar-refractivity contribution in [2.75, 3.05) is 5.32 Å². The maximum Gasteiger partial charge on any atom is 0.123 e. The third kappa shape index (κ3) is 3.57. The molecule has 1 unspecified atom stereocenters. The van der Waals surface area contributed by atoms with Gasteiger partial charge in [0.25, 0.3) is 0 Å². The third-order valence-electron chi connectivity index (χ3n) is 2.98. The van der Waals surface area contributed by atoms with E-state index in [0.717, 1.165) is 12.0 Å². The molecule has 0 aliphatic heterocycles. The Morgan fingerprint density at radius 1 is 1.10 bits per heavy atom. The minimum atomic E-state index is -0.268. The molecule has 0 saturated carbocycles. The van der Waals surface area contributed by atoms with Crippen molar-refractivity contribution in [1.29, 1.82) is 0 Å². The molecule has 0 saturated heterocycles. The van der Waals surface area contributed by atoms with Crippen molar-refractivity contribution in [2.24, 2.45) is 0 Å². The Bertz CT molecular complexity index is 593. The molecule has 2 aromatic carbocycles. The number of anilines is 1. The van der Waals surface area contributed by atoms with Crippen molar-refractivity contribution in [1.82, 2.24) is 0 Å². The van der Waals surface area contributed by atoms with E-state index in [1.54, 1.807) is 18.2 Å². The lowest BCUT2D eigenvalue weighted by molar-refractivity contribution is 0.621. The molecule has 0 spiro atoms. The van der Waals surface area contributed by atoms with Crippen LogP contribution < -0.4 is 5.32 Å². The van der Waals surface area contributed by atoms with E-state index >= 15 is 0 Å². The number of hydrogen-bond acceptors (Lipinski definition) is 1. The second-order valence-corrected chi connectivity index (χ2v) is 5.66. The van der Waals surface area contributed by atoms with Gasteiger partial charge in [-0.2, -0.15) is 0 Å². The summed E-state index contributed by atoms with van der Waals surface area (Å²) in [5.41, 5.74) is 1.45. The second-order valence-electron chi connectivity index (χ2n) is 4.40. The fourth-order valence-electron chi connectivity index (χ4n) is 2.00. The molecule has 0 radical (unpaired) electrons. The molecule has 2 aromatic rings. The maximum absolute atomic E-state index is 13.3. The quantitative estimate of drug-likeness (QED) is 0.688. The van der Waals surface area contributed by atoms with Crippen LogP contribution in [0.2, 0.25) is 15.1 Å². The van der Waals surface area contributed by atoms with E-state index in [4.69, 9.17) is 34.8 Å². The highest BCUT2D eigenvalue weighted by Gasteiger charge is 2.14. The molecule has 106 valence electrons. The molecule has 0 heterocycles. The fraction of sp³-hybridized carbons (Fsp3) is 0.200.